The zero-order valence-corrected chi connectivity index (χ0v) is 12.8. The zero-order chi connectivity index (χ0) is 15.5. The van der Waals surface area contributed by atoms with Crippen LogP contribution >= 0.6 is 0 Å². The van der Waals surface area contributed by atoms with E-state index in [2.05, 4.69) is 9.88 Å². The van der Waals surface area contributed by atoms with Crippen LogP contribution in [0.15, 0.2) is 35.5 Å². The average molecular weight is 311 g/mol. The number of amidine groups is 1. The fourth-order valence-corrected chi connectivity index (χ4v) is 3.99. The van der Waals surface area contributed by atoms with E-state index >= 15 is 0 Å². The number of hydrogen-bond donors (Lipinski definition) is 3. The Bertz CT molecular complexity index is 597. The van der Waals surface area contributed by atoms with Crippen molar-refractivity contribution in [2.24, 2.45) is 16.8 Å². The SMILES string of the molecule is CC(CS(=O)(=O)NC(/C(N)=N/O)C1CC1)c1ccccc1. The second-order valence-electron chi connectivity index (χ2n) is 5.55. The number of rotatable bonds is 7. The van der Waals surface area contributed by atoms with Gasteiger partial charge >= 0.3 is 0 Å². The Balaban J connectivity index is 2.04. The number of benzene rings is 1. The Morgan fingerprint density at radius 2 is 2.05 bits per heavy atom. The Labute approximate surface area is 125 Å². The van der Waals surface area contributed by atoms with E-state index < -0.39 is 16.1 Å². The van der Waals surface area contributed by atoms with Crippen molar-refractivity contribution in [3.63, 3.8) is 0 Å². The van der Waals surface area contributed by atoms with E-state index in [0.717, 1.165) is 18.4 Å². The Morgan fingerprint density at radius 1 is 1.43 bits per heavy atom. The van der Waals surface area contributed by atoms with E-state index in [1.807, 2.05) is 37.3 Å². The van der Waals surface area contributed by atoms with Crippen molar-refractivity contribution in [2.75, 3.05) is 5.75 Å². The first-order chi connectivity index (χ1) is 9.93. The second-order valence-corrected chi connectivity index (χ2v) is 7.35. The lowest BCUT2D eigenvalue weighted by Crippen LogP contribution is -2.47. The van der Waals surface area contributed by atoms with Gasteiger partial charge in [0.15, 0.2) is 5.84 Å². The monoisotopic (exact) mass is 311 g/mol. The van der Waals surface area contributed by atoms with Crippen molar-refractivity contribution in [1.29, 1.82) is 0 Å². The molecule has 116 valence electrons. The molecule has 1 aromatic rings. The fraction of sp³-hybridized carbons (Fsp3) is 0.500. The predicted molar refractivity (Wildman–Crippen MR) is 81.7 cm³/mol. The van der Waals surface area contributed by atoms with Gasteiger partial charge in [0.1, 0.15) is 0 Å². The zero-order valence-electron chi connectivity index (χ0n) is 11.9. The molecule has 1 aliphatic carbocycles. The van der Waals surface area contributed by atoms with Crippen LogP contribution in [0.5, 0.6) is 0 Å². The van der Waals surface area contributed by atoms with Crippen molar-refractivity contribution >= 4 is 15.9 Å². The summed E-state index contributed by atoms with van der Waals surface area (Å²) in [6, 6.07) is 8.86. The van der Waals surface area contributed by atoms with Crippen LogP contribution < -0.4 is 10.5 Å². The molecule has 0 heterocycles. The van der Waals surface area contributed by atoms with Gasteiger partial charge in [0.05, 0.1) is 11.8 Å². The van der Waals surface area contributed by atoms with Gasteiger partial charge in [0, 0.05) is 0 Å². The van der Waals surface area contributed by atoms with Gasteiger partial charge in [-0.25, -0.2) is 13.1 Å². The van der Waals surface area contributed by atoms with Gasteiger partial charge in [-0.05, 0) is 30.2 Å². The molecule has 0 saturated heterocycles. The van der Waals surface area contributed by atoms with Gasteiger partial charge in [0.2, 0.25) is 10.0 Å². The van der Waals surface area contributed by atoms with Crippen LogP contribution in [-0.4, -0.2) is 31.3 Å². The largest absolute Gasteiger partial charge is 0.409 e. The normalized spacial score (nSPS) is 19.2. The number of hydrogen-bond acceptors (Lipinski definition) is 4. The van der Waals surface area contributed by atoms with E-state index in [9.17, 15) is 8.42 Å². The predicted octanol–water partition coefficient (Wildman–Crippen LogP) is 1.23. The van der Waals surface area contributed by atoms with Crippen LogP contribution in [0.2, 0.25) is 0 Å². The highest BCUT2D eigenvalue weighted by molar-refractivity contribution is 7.89. The quantitative estimate of drug-likeness (QED) is 0.305. The summed E-state index contributed by atoms with van der Waals surface area (Å²) in [4.78, 5) is 0. The van der Waals surface area contributed by atoms with Crippen LogP contribution in [-0.2, 0) is 10.0 Å². The Kier molecular flexibility index (Phi) is 4.84. The van der Waals surface area contributed by atoms with Crippen LogP contribution in [0.25, 0.3) is 0 Å². The minimum Gasteiger partial charge on any atom is -0.409 e. The van der Waals surface area contributed by atoms with Gasteiger partial charge in [-0.1, -0.05) is 42.4 Å². The minimum absolute atomic E-state index is 0.0288. The number of oxime groups is 1. The van der Waals surface area contributed by atoms with Crippen molar-refractivity contribution in [3.8, 4) is 0 Å². The molecule has 0 amide bonds. The molecule has 21 heavy (non-hydrogen) atoms. The lowest BCUT2D eigenvalue weighted by atomic mass is 10.0. The summed E-state index contributed by atoms with van der Waals surface area (Å²) in [7, 11) is -3.51. The molecule has 0 radical (unpaired) electrons. The maximum Gasteiger partial charge on any atom is 0.212 e. The summed E-state index contributed by atoms with van der Waals surface area (Å²) >= 11 is 0. The molecule has 0 aromatic heterocycles. The molecule has 4 N–H and O–H groups in total. The van der Waals surface area contributed by atoms with Gasteiger partial charge in [-0.15, -0.1) is 0 Å². The van der Waals surface area contributed by atoms with Crippen LogP contribution in [0, 0.1) is 5.92 Å². The third-order valence-electron chi connectivity index (χ3n) is 3.67. The third kappa shape index (κ3) is 4.44. The van der Waals surface area contributed by atoms with E-state index in [4.69, 9.17) is 10.9 Å². The standard InChI is InChI=1S/C14H21N3O3S/c1-10(11-5-3-2-4-6-11)9-21(19,20)17-13(12-7-8-12)14(15)16-18/h2-6,10,12-13,17-18H,7-9H2,1H3,(H2,15,16). The number of nitrogens with zero attached hydrogens (tertiary/aromatic N) is 1. The van der Waals surface area contributed by atoms with Gasteiger partial charge in [-0.2, -0.15) is 0 Å². The molecule has 2 atom stereocenters. The minimum atomic E-state index is -3.51. The highest BCUT2D eigenvalue weighted by atomic mass is 32.2. The molecule has 2 rings (SSSR count). The van der Waals surface area contributed by atoms with Crippen molar-refractivity contribution in [1.82, 2.24) is 4.72 Å². The fourth-order valence-electron chi connectivity index (χ4n) is 2.34. The van der Waals surface area contributed by atoms with Crippen molar-refractivity contribution in [3.05, 3.63) is 35.9 Å². The smallest absolute Gasteiger partial charge is 0.212 e. The van der Waals surface area contributed by atoms with E-state index in [1.54, 1.807) is 0 Å². The molecule has 0 spiro atoms. The topological polar surface area (TPSA) is 105 Å². The molecule has 0 aliphatic heterocycles. The molecule has 1 saturated carbocycles. The highest BCUT2D eigenvalue weighted by Crippen LogP contribution is 2.33. The highest BCUT2D eigenvalue weighted by Gasteiger charge is 2.37. The van der Waals surface area contributed by atoms with E-state index in [0.29, 0.717) is 0 Å². The molecule has 1 fully saturated rings. The molecular weight excluding hydrogens is 290 g/mol. The molecule has 7 heteroatoms. The summed E-state index contributed by atoms with van der Waals surface area (Å²) in [5, 5.41) is 11.7. The van der Waals surface area contributed by atoms with Crippen LogP contribution in [0.3, 0.4) is 0 Å². The summed E-state index contributed by atoms with van der Waals surface area (Å²) in [5.41, 5.74) is 6.55. The lowest BCUT2D eigenvalue weighted by Gasteiger charge is -2.19. The molecule has 2 unspecified atom stereocenters. The second kappa shape index (κ2) is 6.44. The lowest BCUT2D eigenvalue weighted by molar-refractivity contribution is 0.314. The first kappa shape index (κ1) is 15.8. The molecule has 6 nitrogen and oxygen atoms in total. The Hall–Kier alpha value is -1.60. The number of nitrogens with two attached hydrogens (primary N) is 1. The van der Waals surface area contributed by atoms with E-state index in [-0.39, 0.29) is 23.4 Å². The van der Waals surface area contributed by atoms with Gasteiger partial charge in [0.25, 0.3) is 0 Å². The number of sulfonamides is 1. The molecule has 0 bridgehead atoms. The number of nitrogens with one attached hydrogen (secondary N) is 1. The summed E-state index contributed by atoms with van der Waals surface area (Å²) in [6.07, 6.45) is 1.77. The first-order valence-electron chi connectivity index (χ1n) is 6.95. The maximum absolute atomic E-state index is 12.3. The molecule has 1 aromatic carbocycles. The van der Waals surface area contributed by atoms with Gasteiger partial charge < -0.3 is 10.9 Å². The van der Waals surface area contributed by atoms with Crippen LogP contribution in [0.4, 0.5) is 0 Å². The van der Waals surface area contributed by atoms with Crippen molar-refractivity contribution < 1.29 is 13.6 Å². The Morgan fingerprint density at radius 3 is 2.57 bits per heavy atom. The summed E-state index contributed by atoms with van der Waals surface area (Å²) in [5.74, 6) is -0.106. The summed E-state index contributed by atoms with van der Waals surface area (Å²) < 4.78 is 27.1. The van der Waals surface area contributed by atoms with Crippen molar-refractivity contribution in [2.45, 2.75) is 31.7 Å². The van der Waals surface area contributed by atoms with Crippen LogP contribution in [0.1, 0.15) is 31.2 Å². The maximum atomic E-state index is 12.3. The third-order valence-corrected chi connectivity index (χ3v) is 5.22. The van der Waals surface area contributed by atoms with Gasteiger partial charge in [-0.3, -0.25) is 0 Å². The first-order valence-corrected chi connectivity index (χ1v) is 8.60. The molecule has 1 aliphatic rings. The average Bonchev–Trinajstić information content (AvgIpc) is 3.29. The van der Waals surface area contributed by atoms with E-state index in [1.165, 1.54) is 0 Å². The summed E-state index contributed by atoms with van der Waals surface area (Å²) in [6.45, 7) is 1.87. The molecular formula is C14H21N3O3S.